The highest BCUT2D eigenvalue weighted by Crippen LogP contribution is 2.05. The van der Waals surface area contributed by atoms with E-state index in [4.69, 9.17) is 5.73 Å². The fourth-order valence-electron chi connectivity index (χ4n) is 1.66. The summed E-state index contributed by atoms with van der Waals surface area (Å²) in [6.45, 7) is 9.23. The minimum absolute atomic E-state index is 0.564. The van der Waals surface area contributed by atoms with Gasteiger partial charge in [-0.3, -0.25) is 4.90 Å². The maximum Gasteiger partial charge on any atom is 0.144 e. The van der Waals surface area contributed by atoms with Gasteiger partial charge in [0.05, 0.1) is 6.54 Å². The van der Waals surface area contributed by atoms with Crippen LogP contribution in [0.15, 0.2) is 6.07 Å². The van der Waals surface area contributed by atoms with E-state index in [2.05, 4.69) is 28.7 Å². The first kappa shape index (κ1) is 12.9. The highest BCUT2D eigenvalue weighted by Gasteiger charge is 2.06. The Balaban J connectivity index is 2.62. The number of hydrogen-bond donors (Lipinski definition) is 1. The van der Waals surface area contributed by atoms with Crippen LogP contribution >= 0.6 is 0 Å². The molecule has 1 aromatic rings. The molecule has 4 nitrogen and oxygen atoms in total. The summed E-state index contributed by atoms with van der Waals surface area (Å²) in [5.41, 5.74) is 6.65. The fourth-order valence-corrected chi connectivity index (χ4v) is 1.66. The second-order valence-corrected chi connectivity index (χ2v) is 4.07. The van der Waals surface area contributed by atoms with E-state index in [1.807, 2.05) is 6.92 Å². The van der Waals surface area contributed by atoms with E-state index >= 15 is 0 Å². The van der Waals surface area contributed by atoms with Crippen LogP contribution in [0.2, 0.25) is 0 Å². The molecule has 0 unspecified atom stereocenters. The molecular weight excluding hydrogens is 200 g/mol. The Morgan fingerprint density at radius 2 is 2.06 bits per heavy atom. The molecule has 0 aliphatic carbocycles. The molecule has 0 aliphatic heterocycles. The smallest absolute Gasteiger partial charge is 0.144 e. The minimum Gasteiger partial charge on any atom is -0.384 e. The molecule has 16 heavy (non-hydrogen) atoms. The molecule has 1 heterocycles. The zero-order valence-electron chi connectivity index (χ0n) is 10.5. The molecule has 0 spiro atoms. The second-order valence-electron chi connectivity index (χ2n) is 4.07. The number of anilines is 1. The molecule has 0 aliphatic rings. The van der Waals surface area contributed by atoms with E-state index in [9.17, 15) is 0 Å². The largest absolute Gasteiger partial charge is 0.384 e. The van der Waals surface area contributed by atoms with E-state index in [0.29, 0.717) is 5.82 Å². The summed E-state index contributed by atoms with van der Waals surface area (Å²) in [6, 6.07) is 1.80. The van der Waals surface area contributed by atoms with E-state index in [1.165, 1.54) is 12.8 Å². The van der Waals surface area contributed by atoms with Gasteiger partial charge in [0.1, 0.15) is 11.6 Å². The van der Waals surface area contributed by atoms with E-state index < -0.39 is 0 Å². The summed E-state index contributed by atoms with van der Waals surface area (Å²) >= 11 is 0. The van der Waals surface area contributed by atoms with E-state index in [-0.39, 0.29) is 0 Å². The maximum atomic E-state index is 5.71. The van der Waals surface area contributed by atoms with Gasteiger partial charge in [0.25, 0.3) is 0 Å². The second kappa shape index (κ2) is 6.43. The molecule has 0 bridgehead atoms. The summed E-state index contributed by atoms with van der Waals surface area (Å²) in [6.07, 6.45) is 2.43. The summed E-state index contributed by atoms with van der Waals surface area (Å²) in [5.74, 6) is 1.39. The van der Waals surface area contributed by atoms with Gasteiger partial charge < -0.3 is 5.73 Å². The van der Waals surface area contributed by atoms with Crippen molar-refractivity contribution in [3.05, 3.63) is 17.6 Å². The molecular formula is C12H22N4. The van der Waals surface area contributed by atoms with Crippen LogP contribution in [0.1, 0.15) is 38.2 Å². The van der Waals surface area contributed by atoms with Crippen molar-refractivity contribution >= 4 is 5.82 Å². The van der Waals surface area contributed by atoms with Crippen LogP contribution in [-0.2, 0) is 6.54 Å². The number of rotatable bonds is 6. The monoisotopic (exact) mass is 222 g/mol. The molecule has 0 fully saturated rings. The molecule has 2 N–H and O–H groups in total. The molecule has 0 amide bonds. The first-order valence-corrected chi connectivity index (χ1v) is 5.98. The van der Waals surface area contributed by atoms with Crippen LogP contribution < -0.4 is 5.73 Å². The predicted octanol–water partition coefficient (Wildman–Crippen LogP) is 1.99. The lowest BCUT2D eigenvalue weighted by Gasteiger charge is -2.19. The van der Waals surface area contributed by atoms with Gasteiger partial charge in [0.2, 0.25) is 0 Å². The van der Waals surface area contributed by atoms with Crippen molar-refractivity contribution in [2.24, 2.45) is 0 Å². The van der Waals surface area contributed by atoms with Crippen molar-refractivity contribution in [3.63, 3.8) is 0 Å². The van der Waals surface area contributed by atoms with Gasteiger partial charge in [-0.1, -0.05) is 20.3 Å². The van der Waals surface area contributed by atoms with Crippen LogP contribution in [-0.4, -0.2) is 28.0 Å². The molecule has 0 radical (unpaired) electrons. The lowest BCUT2D eigenvalue weighted by atomic mass is 10.3. The molecule has 4 heteroatoms. The molecule has 0 aromatic carbocycles. The van der Waals surface area contributed by atoms with Crippen LogP contribution in [0, 0.1) is 6.92 Å². The molecule has 0 saturated carbocycles. The van der Waals surface area contributed by atoms with Crippen molar-refractivity contribution in [1.29, 1.82) is 0 Å². The summed E-state index contributed by atoms with van der Waals surface area (Å²) < 4.78 is 0. The SMILES string of the molecule is CCCCN(CC)Cc1nc(C)cc(N)n1. The minimum atomic E-state index is 0.564. The number of hydrogen-bond acceptors (Lipinski definition) is 4. The standard InChI is InChI=1S/C12H22N4/c1-4-6-7-16(5-2)9-12-14-10(3)8-11(13)15-12/h8H,4-7,9H2,1-3H3,(H2,13,14,15). The van der Waals surface area contributed by atoms with Crippen LogP contribution in [0.4, 0.5) is 5.82 Å². The molecule has 90 valence electrons. The number of nitrogens with two attached hydrogens (primary N) is 1. The summed E-state index contributed by atoms with van der Waals surface area (Å²) in [7, 11) is 0. The Bertz CT molecular complexity index is 305. The van der Waals surface area contributed by atoms with Gasteiger partial charge in [0.15, 0.2) is 0 Å². The Labute approximate surface area is 97.9 Å². The van der Waals surface area contributed by atoms with Gasteiger partial charge >= 0.3 is 0 Å². The summed E-state index contributed by atoms with van der Waals surface area (Å²) in [5, 5.41) is 0. The Morgan fingerprint density at radius 1 is 1.31 bits per heavy atom. The molecule has 1 aromatic heterocycles. The predicted molar refractivity (Wildman–Crippen MR) is 67.0 cm³/mol. The average Bonchev–Trinajstić information content (AvgIpc) is 2.22. The zero-order chi connectivity index (χ0) is 12.0. The molecule has 1 rings (SSSR count). The quantitative estimate of drug-likeness (QED) is 0.799. The zero-order valence-corrected chi connectivity index (χ0v) is 10.5. The molecule has 0 atom stereocenters. The van der Waals surface area contributed by atoms with Crippen molar-refractivity contribution in [3.8, 4) is 0 Å². The number of nitrogen functional groups attached to an aromatic ring is 1. The van der Waals surface area contributed by atoms with Crippen molar-refractivity contribution in [2.45, 2.75) is 40.2 Å². The fraction of sp³-hybridized carbons (Fsp3) is 0.667. The maximum absolute atomic E-state index is 5.71. The lowest BCUT2D eigenvalue weighted by Crippen LogP contribution is -2.25. The number of aromatic nitrogens is 2. The normalized spacial score (nSPS) is 11.0. The summed E-state index contributed by atoms with van der Waals surface area (Å²) in [4.78, 5) is 11.0. The van der Waals surface area contributed by atoms with E-state index in [1.54, 1.807) is 6.07 Å². The van der Waals surface area contributed by atoms with Crippen molar-refractivity contribution in [1.82, 2.24) is 14.9 Å². The van der Waals surface area contributed by atoms with Crippen LogP contribution in [0.3, 0.4) is 0 Å². The number of aryl methyl sites for hydroxylation is 1. The third kappa shape index (κ3) is 4.14. The number of unbranched alkanes of at least 4 members (excludes halogenated alkanes) is 1. The Morgan fingerprint density at radius 3 is 2.62 bits per heavy atom. The first-order valence-electron chi connectivity index (χ1n) is 5.98. The molecule has 0 saturated heterocycles. The van der Waals surface area contributed by atoms with Gasteiger partial charge in [-0.25, -0.2) is 9.97 Å². The number of nitrogens with zero attached hydrogens (tertiary/aromatic N) is 3. The average molecular weight is 222 g/mol. The topological polar surface area (TPSA) is 55.0 Å². The Kier molecular flexibility index (Phi) is 5.19. The third-order valence-corrected chi connectivity index (χ3v) is 2.56. The van der Waals surface area contributed by atoms with Gasteiger partial charge in [-0.2, -0.15) is 0 Å². The Hall–Kier alpha value is -1.16. The third-order valence-electron chi connectivity index (χ3n) is 2.56. The van der Waals surface area contributed by atoms with Gasteiger partial charge in [-0.05, 0) is 26.4 Å². The lowest BCUT2D eigenvalue weighted by molar-refractivity contribution is 0.268. The first-order chi connectivity index (χ1) is 7.65. The van der Waals surface area contributed by atoms with Crippen molar-refractivity contribution < 1.29 is 0 Å². The highest BCUT2D eigenvalue weighted by atomic mass is 15.1. The van der Waals surface area contributed by atoms with Crippen LogP contribution in [0.25, 0.3) is 0 Å². The van der Waals surface area contributed by atoms with Crippen molar-refractivity contribution in [2.75, 3.05) is 18.8 Å². The highest BCUT2D eigenvalue weighted by molar-refractivity contribution is 5.29. The van der Waals surface area contributed by atoms with Gasteiger partial charge in [-0.15, -0.1) is 0 Å². The van der Waals surface area contributed by atoms with E-state index in [0.717, 1.165) is 31.2 Å². The van der Waals surface area contributed by atoms with Crippen LogP contribution in [0.5, 0.6) is 0 Å². The van der Waals surface area contributed by atoms with Gasteiger partial charge in [0, 0.05) is 11.8 Å².